The molecule has 0 aliphatic rings. The fourth-order valence-electron chi connectivity index (χ4n) is 4.21. The predicted octanol–water partition coefficient (Wildman–Crippen LogP) is 2.41. The van der Waals surface area contributed by atoms with Crippen LogP contribution in [0.25, 0.3) is 11.0 Å². The van der Waals surface area contributed by atoms with Crippen LogP contribution in [0.2, 0.25) is 0 Å². The number of carbonyl (C=O) groups excluding carboxylic acids is 3. The van der Waals surface area contributed by atoms with Crippen LogP contribution in [0, 0.1) is 13.8 Å². The molecule has 40 heavy (non-hydrogen) atoms. The molecule has 14 heteroatoms. The topological polar surface area (TPSA) is 168 Å². The molecule has 4 aromatic rings. The Bertz CT molecular complexity index is 1540. The third-order valence-corrected chi connectivity index (χ3v) is 6.88. The normalized spacial score (nSPS) is 11.1. The molecular formula is C26H32N8O5S. The van der Waals surface area contributed by atoms with Gasteiger partial charge >= 0.3 is 0 Å². The second-order valence-electron chi connectivity index (χ2n) is 8.98. The highest BCUT2D eigenvalue weighted by Crippen LogP contribution is 2.31. The first-order chi connectivity index (χ1) is 19.2. The molecule has 0 saturated carbocycles. The van der Waals surface area contributed by atoms with E-state index in [0.29, 0.717) is 55.1 Å². The smallest absolute Gasteiger partial charge is 0.276 e. The lowest BCUT2D eigenvalue weighted by Gasteiger charge is -2.13. The summed E-state index contributed by atoms with van der Waals surface area (Å²) in [4.78, 5) is 47.0. The molecule has 3 amide bonds. The van der Waals surface area contributed by atoms with Gasteiger partial charge in [0, 0.05) is 31.4 Å². The minimum Gasteiger partial charge on any atom is -0.494 e. The van der Waals surface area contributed by atoms with E-state index < -0.39 is 5.91 Å². The lowest BCUT2D eigenvalue weighted by atomic mass is 10.1. The molecule has 4 rings (SSSR count). The van der Waals surface area contributed by atoms with E-state index in [2.05, 4.69) is 25.7 Å². The number of imidazole rings is 1. The molecule has 0 atom stereocenters. The molecule has 0 radical (unpaired) electrons. The maximum Gasteiger partial charge on any atom is 0.276 e. The van der Waals surface area contributed by atoms with Crippen LogP contribution in [-0.4, -0.2) is 62.3 Å². The Balaban J connectivity index is 1.49. The fourth-order valence-corrected chi connectivity index (χ4v) is 4.94. The van der Waals surface area contributed by atoms with Crippen LogP contribution >= 0.6 is 11.3 Å². The number of primary amides is 1. The van der Waals surface area contributed by atoms with Crippen molar-refractivity contribution in [3.63, 3.8) is 0 Å². The van der Waals surface area contributed by atoms with Gasteiger partial charge in [-0.05, 0) is 45.4 Å². The minimum absolute atomic E-state index is 0.0689. The largest absolute Gasteiger partial charge is 0.494 e. The number of nitrogens with one attached hydrogen (secondary N) is 2. The summed E-state index contributed by atoms with van der Waals surface area (Å²) >= 11 is 1.53. The first kappa shape index (κ1) is 28.7. The summed E-state index contributed by atoms with van der Waals surface area (Å²) in [6, 6.07) is 4.79. The van der Waals surface area contributed by atoms with Crippen molar-refractivity contribution in [3.8, 4) is 5.75 Å². The van der Waals surface area contributed by atoms with E-state index in [1.165, 1.54) is 24.5 Å². The molecule has 4 N–H and O–H groups in total. The van der Waals surface area contributed by atoms with Gasteiger partial charge in [-0.15, -0.1) is 11.3 Å². The standard InChI is InChI=1S/C26H32N8O5S/c1-5-34-20(9-15(2)32-34)25(37)31-26-30-19-10-17(24(27)36)11-21(38-4)23(19)33(26)8-6-7-28-22(35)14-39-13-18-12-29-16(3)40-18/h9-12H,5-8,13-14H2,1-4H3,(H2,27,36)(H,28,35)(H,30,31,37). The average Bonchev–Trinajstić information content (AvgIpc) is 3.62. The van der Waals surface area contributed by atoms with Gasteiger partial charge in [0.1, 0.15) is 23.6 Å². The predicted molar refractivity (Wildman–Crippen MR) is 150 cm³/mol. The lowest BCUT2D eigenvalue weighted by molar-refractivity contribution is -0.126. The Kier molecular flexibility index (Phi) is 9.11. The number of aryl methyl sites for hydroxylation is 4. The molecule has 0 fully saturated rings. The maximum absolute atomic E-state index is 13.2. The number of methoxy groups -OCH3 is 1. The number of ether oxygens (including phenoxy) is 2. The van der Waals surface area contributed by atoms with E-state index in [-0.39, 0.29) is 29.9 Å². The Morgan fingerprint density at radius 1 is 1.18 bits per heavy atom. The number of hydrogen-bond acceptors (Lipinski definition) is 9. The fraction of sp³-hybridized carbons (Fsp3) is 0.385. The second kappa shape index (κ2) is 12.7. The van der Waals surface area contributed by atoms with Crippen LogP contribution in [-0.2, 0) is 29.2 Å². The van der Waals surface area contributed by atoms with Gasteiger partial charge in [0.15, 0.2) is 0 Å². The Morgan fingerprint density at radius 3 is 2.65 bits per heavy atom. The Hall–Kier alpha value is -4.30. The molecule has 0 bridgehead atoms. The molecule has 3 heterocycles. The highest BCUT2D eigenvalue weighted by molar-refractivity contribution is 7.11. The summed E-state index contributed by atoms with van der Waals surface area (Å²) in [7, 11) is 1.48. The van der Waals surface area contributed by atoms with Gasteiger partial charge in [0.2, 0.25) is 17.8 Å². The number of rotatable bonds is 13. The quantitative estimate of drug-likeness (QED) is 0.207. The van der Waals surface area contributed by atoms with Crippen molar-refractivity contribution in [2.24, 2.45) is 5.73 Å². The number of anilines is 1. The SMILES string of the molecule is CCn1nc(C)cc1C(=O)Nc1nc2cc(C(N)=O)cc(OC)c2n1CCCNC(=O)COCc1cnc(C)s1. The van der Waals surface area contributed by atoms with E-state index in [1.54, 1.807) is 27.6 Å². The van der Waals surface area contributed by atoms with Crippen molar-refractivity contribution in [1.82, 2.24) is 29.6 Å². The molecule has 0 saturated heterocycles. The van der Waals surface area contributed by atoms with Crippen LogP contribution in [0.1, 0.15) is 49.8 Å². The maximum atomic E-state index is 13.2. The van der Waals surface area contributed by atoms with Gasteiger partial charge in [0.05, 0.1) is 34.8 Å². The van der Waals surface area contributed by atoms with Gasteiger partial charge in [-0.1, -0.05) is 0 Å². The van der Waals surface area contributed by atoms with E-state index in [9.17, 15) is 14.4 Å². The summed E-state index contributed by atoms with van der Waals surface area (Å²) in [5, 5.41) is 11.0. The monoisotopic (exact) mass is 568 g/mol. The van der Waals surface area contributed by atoms with Crippen LogP contribution in [0.4, 0.5) is 5.95 Å². The number of nitrogens with two attached hydrogens (primary N) is 1. The Labute approximate surface area is 234 Å². The molecular weight excluding hydrogens is 536 g/mol. The number of hydrogen-bond donors (Lipinski definition) is 3. The van der Waals surface area contributed by atoms with Crippen molar-refractivity contribution in [2.75, 3.05) is 25.6 Å². The van der Waals surface area contributed by atoms with Gasteiger partial charge in [-0.25, -0.2) is 9.97 Å². The van der Waals surface area contributed by atoms with Gasteiger partial charge in [0.25, 0.3) is 5.91 Å². The highest BCUT2D eigenvalue weighted by Gasteiger charge is 2.21. The van der Waals surface area contributed by atoms with E-state index in [4.69, 9.17) is 15.2 Å². The molecule has 212 valence electrons. The van der Waals surface area contributed by atoms with E-state index >= 15 is 0 Å². The van der Waals surface area contributed by atoms with Crippen LogP contribution in [0.3, 0.4) is 0 Å². The summed E-state index contributed by atoms with van der Waals surface area (Å²) in [5.74, 6) is -0.606. The molecule has 3 aromatic heterocycles. The van der Waals surface area contributed by atoms with E-state index in [1.807, 2.05) is 20.8 Å². The number of aromatic nitrogens is 5. The minimum atomic E-state index is -0.627. The van der Waals surface area contributed by atoms with Crippen LogP contribution < -0.4 is 21.1 Å². The van der Waals surface area contributed by atoms with Crippen LogP contribution in [0.5, 0.6) is 5.75 Å². The summed E-state index contributed by atoms with van der Waals surface area (Å²) in [6.45, 7) is 7.14. The second-order valence-corrected chi connectivity index (χ2v) is 10.3. The van der Waals surface area contributed by atoms with Crippen molar-refractivity contribution in [3.05, 3.63) is 51.2 Å². The number of nitrogens with zero attached hydrogens (tertiary/aromatic N) is 5. The lowest BCUT2D eigenvalue weighted by Crippen LogP contribution is -2.29. The molecule has 0 aliphatic carbocycles. The highest BCUT2D eigenvalue weighted by atomic mass is 32.1. The third kappa shape index (κ3) is 6.63. The third-order valence-electron chi connectivity index (χ3n) is 6.00. The number of amides is 3. The molecule has 0 spiro atoms. The zero-order valence-electron chi connectivity index (χ0n) is 22.8. The first-order valence-corrected chi connectivity index (χ1v) is 13.5. The van der Waals surface area contributed by atoms with Gasteiger partial charge in [-0.3, -0.25) is 24.4 Å². The van der Waals surface area contributed by atoms with Crippen molar-refractivity contribution in [1.29, 1.82) is 0 Å². The number of carbonyl (C=O) groups is 3. The number of thiazole rings is 1. The summed E-state index contributed by atoms with van der Waals surface area (Å²) < 4.78 is 14.4. The number of fused-ring (bicyclic) bond motifs is 1. The van der Waals surface area contributed by atoms with Crippen molar-refractivity contribution >= 4 is 46.0 Å². The van der Waals surface area contributed by atoms with Crippen molar-refractivity contribution in [2.45, 2.75) is 46.9 Å². The summed E-state index contributed by atoms with van der Waals surface area (Å²) in [5.41, 5.74) is 7.85. The zero-order valence-corrected chi connectivity index (χ0v) is 23.6. The van der Waals surface area contributed by atoms with E-state index in [0.717, 1.165) is 15.6 Å². The molecule has 0 unspecified atom stereocenters. The number of benzene rings is 1. The Morgan fingerprint density at radius 2 is 1.98 bits per heavy atom. The van der Waals surface area contributed by atoms with Crippen LogP contribution in [0.15, 0.2) is 24.4 Å². The van der Waals surface area contributed by atoms with Gasteiger partial charge in [-0.2, -0.15) is 5.10 Å². The van der Waals surface area contributed by atoms with Gasteiger partial charge < -0.3 is 25.1 Å². The van der Waals surface area contributed by atoms with Crippen molar-refractivity contribution < 1.29 is 23.9 Å². The zero-order chi connectivity index (χ0) is 28.8. The first-order valence-electron chi connectivity index (χ1n) is 12.7. The molecule has 1 aromatic carbocycles. The molecule has 0 aliphatic heterocycles. The molecule has 13 nitrogen and oxygen atoms in total. The average molecular weight is 569 g/mol. The summed E-state index contributed by atoms with van der Waals surface area (Å²) in [6.07, 6.45) is 2.25.